The normalized spacial score (nSPS) is 11.6. The fourth-order valence-corrected chi connectivity index (χ4v) is 3.61. The highest BCUT2D eigenvalue weighted by Gasteiger charge is 2.33. The van der Waals surface area contributed by atoms with E-state index in [1.165, 1.54) is 25.6 Å². The van der Waals surface area contributed by atoms with E-state index in [2.05, 4.69) is 25.3 Å². The Kier molecular flexibility index (Phi) is 6.39. The Morgan fingerprint density at radius 1 is 1.11 bits per heavy atom. The molecule has 0 fully saturated rings. The lowest BCUT2D eigenvalue weighted by molar-refractivity contribution is -0.140. The molecule has 0 atom stereocenters. The molecular formula is C23H21F3N6O3. The second-order valence-corrected chi connectivity index (χ2v) is 7.61. The molecule has 0 aliphatic heterocycles. The quantitative estimate of drug-likeness (QED) is 0.422. The van der Waals surface area contributed by atoms with Crippen molar-refractivity contribution >= 4 is 16.8 Å². The van der Waals surface area contributed by atoms with Crippen molar-refractivity contribution in [3.05, 3.63) is 64.7 Å². The summed E-state index contributed by atoms with van der Waals surface area (Å²) >= 11 is 0. The topological polar surface area (TPSA) is 129 Å². The summed E-state index contributed by atoms with van der Waals surface area (Å²) in [6.07, 6.45) is -3.19. The third kappa shape index (κ3) is 4.64. The highest BCUT2D eigenvalue weighted by atomic mass is 19.4. The van der Waals surface area contributed by atoms with Crippen LogP contribution in [0.25, 0.3) is 22.4 Å². The van der Waals surface area contributed by atoms with E-state index in [0.717, 1.165) is 23.0 Å². The predicted octanol–water partition coefficient (Wildman–Crippen LogP) is 3.71. The number of methoxy groups -OCH3 is 1. The molecule has 35 heavy (non-hydrogen) atoms. The Labute approximate surface area is 197 Å². The molecule has 3 N–H and O–H groups in total. The molecule has 1 aromatic carbocycles. The first kappa shape index (κ1) is 24.1. The zero-order chi connectivity index (χ0) is 25.3. The van der Waals surface area contributed by atoms with Crippen LogP contribution < -0.4 is 15.8 Å². The predicted molar refractivity (Wildman–Crippen MR) is 119 cm³/mol. The van der Waals surface area contributed by atoms with E-state index < -0.39 is 17.8 Å². The number of amides is 1. The van der Waals surface area contributed by atoms with Crippen LogP contribution in [-0.2, 0) is 19.3 Å². The average molecular weight is 486 g/mol. The molecule has 0 aliphatic carbocycles. The number of aromatic nitrogens is 4. The van der Waals surface area contributed by atoms with Gasteiger partial charge in [0.2, 0.25) is 5.89 Å². The Morgan fingerprint density at radius 2 is 1.83 bits per heavy atom. The van der Waals surface area contributed by atoms with Crippen LogP contribution in [0.5, 0.6) is 5.75 Å². The first-order valence-electron chi connectivity index (χ1n) is 10.4. The molecule has 9 nitrogen and oxygen atoms in total. The van der Waals surface area contributed by atoms with Gasteiger partial charge >= 0.3 is 6.18 Å². The van der Waals surface area contributed by atoms with Gasteiger partial charge in [-0.15, -0.1) is 0 Å². The van der Waals surface area contributed by atoms with E-state index in [9.17, 15) is 18.0 Å². The standard InChI is InChI=1S/C23H21F3N6O3/c1-11-15(12(2)30-10-29-11)9-28-21(33)20-17(8-27)35-22(32-20)14-4-6-16(34-3)19-13(14)5-7-18(31-19)23(24,25)26/h4-7,10H,8-9,27H2,1-3H3,(H,28,33). The second kappa shape index (κ2) is 9.29. The van der Waals surface area contributed by atoms with Crippen LogP contribution in [0.3, 0.4) is 0 Å². The summed E-state index contributed by atoms with van der Waals surface area (Å²) in [6, 6.07) is 5.14. The molecular weight excluding hydrogens is 465 g/mol. The van der Waals surface area contributed by atoms with Gasteiger partial charge in [-0.2, -0.15) is 13.2 Å². The summed E-state index contributed by atoms with van der Waals surface area (Å²) in [5.74, 6) is -0.244. The minimum absolute atomic E-state index is 0.0141. The highest BCUT2D eigenvalue weighted by Crippen LogP contribution is 2.36. The van der Waals surface area contributed by atoms with Gasteiger partial charge in [-0.25, -0.2) is 19.9 Å². The van der Waals surface area contributed by atoms with Crippen molar-refractivity contribution < 1.29 is 27.1 Å². The lowest BCUT2D eigenvalue weighted by Crippen LogP contribution is -2.25. The molecule has 3 aromatic heterocycles. The minimum atomic E-state index is -4.63. The number of rotatable bonds is 6. The number of nitrogens with one attached hydrogen (secondary N) is 1. The van der Waals surface area contributed by atoms with Gasteiger partial charge in [-0.3, -0.25) is 4.79 Å². The van der Waals surface area contributed by atoms with Crippen LogP contribution in [-0.4, -0.2) is 33.0 Å². The van der Waals surface area contributed by atoms with Crippen LogP contribution in [0.4, 0.5) is 13.2 Å². The maximum absolute atomic E-state index is 13.2. The van der Waals surface area contributed by atoms with Crippen molar-refractivity contribution in [3.8, 4) is 17.2 Å². The van der Waals surface area contributed by atoms with E-state index in [0.29, 0.717) is 10.9 Å². The molecule has 3 heterocycles. The number of nitrogens with zero attached hydrogens (tertiary/aromatic N) is 4. The van der Waals surface area contributed by atoms with E-state index in [4.69, 9.17) is 14.9 Å². The molecule has 4 rings (SSSR count). The van der Waals surface area contributed by atoms with Gasteiger partial charge < -0.3 is 20.2 Å². The van der Waals surface area contributed by atoms with Gasteiger partial charge in [0.1, 0.15) is 23.3 Å². The number of oxazole rings is 1. The van der Waals surface area contributed by atoms with Gasteiger partial charge in [-0.05, 0) is 38.1 Å². The van der Waals surface area contributed by atoms with Crippen molar-refractivity contribution in [2.45, 2.75) is 33.1 Å². The van der Waals surface area contributed by atoms with E-state index in [1.54, 1.807) is 6.07 Å². The third-order valence-corrected chi connectivity index (χ3v) is 5.46. The van der Waals surface area contributed by atoms with Crippen LogP contribution in [0.2, 0.25) is 0 Å². The monoisotopic (exact) mass is 486 g/mol. The Bertz CT molecular complexity index is 1400. The zero-order valence-corrected chi connectivity index (χ0v) is 19.0. The third-order valence-electron chi connectivity index (χ3n) is 5.46. The Balaban J connectivity index is 1.72. The first-order valence-corrected chi connectivity index (χ1v) is 10.4. The van der Waals surface area contributed by atoms with Crippen LogP contribution in [0.1, 0.15) is 38.9 Å². The second-order valence-electron chi connectivity index (χ2n) is 7.61. The van der Waals surface area contributed by atoms with E-state index >= 15 is 0 Å². The average Bonchev–Trinajstić information content (AvgIpc) is 3.26. The number of ether oxygens (including phenoxy) is 1. The maximum atomic E-state index is 13.2. The summed E-state index contributed by atoms with van der Waals surface area (Å²) in [5.41, 5.74) is 7.22. The van der Waals surface area contributed by atoms with Crippen molar-refractivity contribution in [3.63, 3.8) is 0 Å². The highest BCUT2D eigenvalue weighted by molar-refractivity contribution is 5.98. The molecule has 0 saturated heterocycles. The summed E-state index contributed by atoms with van der Waals surface area (Å²) in [6.45, 7) is 3.66. The Hall–Kier alpha value is -4.06. The van der Waals surface area contributed by atoms with Crippen molar-refractivity contribution in [2.24, 2.45) is 5.73 Å². The number of aryl methyl sites for hydroxylation is 2. The summed E-state index contributed by atoms with van der Waals surface area (Å²) in [5, 5.41) is 3.07. The van der Waals surface area contributed by atoms with Gasteiger partial charge in [0.15, 0.2) is 11.5 Å². The van der Waals surface area contributed by atoms with Gasteiger partial charge in [0.05, 0.1) is 13.7 Å². The number of carbonyl (C=O) groups is 1. The van der Waals surface area contributed by atoms with Crippen molar-refractivity contribution in [1.29, 1.82) is 0 Å². The zero-order valence-electron chi connectivity index (χ0n) is 19.0. The van der Waals surface area contributed by atoms with Crippen molar-refractivity contribution in [2.75, 3.05) is 7.11 Å². The van der Waals surface area contributed by atoms with Crippen LogP contribution in [0, 0.1) is 13.8 Å². The largest absolute Gasteiger partial charge is 0.494 e. The lowest BCUT2D eigenvalue weighted by Gasteiger charge is -2.11. The van der Waals surface area contributed by atoms with E-state index in [1.807, 2.05) is 13.8 Å². The molecule has 182 valence electrons. The number of halogens is 3. The number of nitrogens with two attached hydrogens (primary N) is 1. The van der Waals surface area contributed by atoms with E-state index in [-0.39, 0.29) is 41.7 Å². The Morgan fingerprint density at radius 3 is 2.46 bits per heavy atom. The minimum Gasteiger partial charge on any atom is -0.494 e. The molecule has 0 radical (unpaired) electrons. The molecule has 0 aliphatic rings. The molecule has 0 saturated carbocycles. The maximum Gasteiger partial charge on any atom is 0.433 e. The van der Waals surface area contributed by atoms with Crippen molar-refractivity contribution in [1.82, 2.24) is 25.3 Å². The number of fused-ring (bicyclic) bond motifs is 1. The molecule has 0 unspecified atom stereocenters. The SMILES string of the molecule is COc1ccc(-c2nc(C(=O)NCc3c(C)ncnc3C)c(CN)o2)c2ccc(C(F)(F)F)nc12. The molecule has 4 aromatic rings. The molecule has 1 amide bonds. The van der Waals surface area contributed by atoms with Gasteiger partial charge in [0, 0.05) is 34.4 Å². The van der Waals surface area contributed by atoms with Crippen LogP contribution in [0.15, 0.2) is 35.0 Å². The molecule has 12 heteroatoms. The molecule has 0 bridgehead atoms. The number of alkyl halides is 3. The summed E-state index contributed by atoms with van der Waals surface area (Å²) in [4.78, 5) is 29.2. The number of hydrogen-bond acceptors (Lipinski definition) is 8. The number of pyridine rings is 1. The fourth-order valence-electron chi connectivity index (χ4n) is 3.61. The first-order chi connectivity index (χ1) is 16.6. The van der Waals surface area contributed by atoms with Crippen LogP contribution >= 0.6 is 0 Å². The number of carbonyl (C=O) groups excluding carboxylic acids is 1. The van der Waals surface area contributed by atoms with Gasteiger partial charge in [-0.1, -0.05) is 0 Å². The lowest BCUT2D eigenvalue weighted by atomic mass is 10.1. The fraction of sp³-hybridized carbons (Fsp3) is 0.261. The number of hydrogen-bond donors (Lipinski definition) is 2. The van der Waals surface area contributed by atoms with Gasteiger partial charge in [0.25, 0.3) is 5.91 Å². The molecule has 0 spiro atoms. The smallest absolute Gasteiger partial charge is 0.433 e. The number of benzene rings is 1. The summed E-state index contributed by atoms with van der Waals surface area (Å²) < 4.78 is 50.6. The summed E-state index contributed by atoms with van der Waals surface area (Å²) in [7, 11) is 1.33.